The van der Waals surface area contributed by atoms with Gasteiger partial charge in [-0.1, -0.05) is 88.3 Å². The molecule has 132 valence electrons. The van der Waals surface area contributed by atoms with Crippen LogP contribution in [0.5, 0.6) is 0 Å². The minimum absolute atomic E-state index is 0.129. The summed E-state index contributed by atoms with van der Waals surface area (Å²) in [5.74, 6) is 0.310. The third-order valence-electron chi connectivity index (χ3n) is 5.22. The standard InChI is InChI=1S/C22H34N2/c1-2-3-4-5-6-7-8-9-10-19-11-13-20(14-12-19)15-16-22(17-18-22)21(23)24/h11-16H,2-10,17-18H2,1H3,(H3,23,24). The van der Waals surface area contributed by atoms with Crippen LogP contribution in [0.15, 0.2) is 30.3 Å². The lowest BCUT2D eigenvalue weighted by atomic mass is 10.0. The second-order valence-corrected chi connectivity index (χ2v) is 7.37. The Labute approximate surface area is 148 Å². The summed E-state index contributed by atoms with van der Waals surface area (Å²) in [6.07, 6.45) is 18.5. The number of nitrogens with two attached hydrogens (primary N) is 1. The maximum Gasteiger partial charge on any atom is 0.101 e. The first-order chi connectivity index (χ1) is 11.7. The Morgan fingerprint density at radius 2 is 1.58 bits per heavy atom. The van der Waals surface area contributed by atoms with E-state index in [1.54, 1.807) is 0 Å². The molecule has 0 bridgehead atoms. The van der Waals surface area contributed by atoms with Gasteiger partial charge in [0.15, 0.2) is 0 Å². The van der Waals surface area contributed by atoms with Crippen molar-refractivity contribution in [2.75, 3.05) is 0 Å². The van der Waals surface area contributed by atoms with Crippen molar-refractivity contribution < 1.29 is 0 Å². The van der Waals surface area contributed by atoms with Crippen molar-refractivity contribution in [1.29, 1.82) is 5.41 Å². The number of benzene rings is 1. The van der Waals surface area contributed by atoms with E-state index in [0.29, 0.717) is 5.84 Å². The second-order valence-electron chi connectivity index (χ2n) is 7.37. The Kier molecular flexibility index (Phi) is 7.55. The molecule has 1 fully saturated rings. The summed E-state index contributed by atoms with van der Waals surface area (Å²) in [6, 6.07) is 8.86. The quantitative estimate of drug-likeness (QED) is 0.272. The normalized spacial score (nSPS) is 15.7. The van der Waals surface area contributed by atoms with Crippen LogP contribution in [0.25, 0.3) is 6.08 Å². The molecule has 0 spiro atoms. The monoisotopic (exact) mass is 326 g/mol. The predicted molar refractivity (Wildman–Crippen MR) is 105 cm³/mol. The van der Waals surface area contributed by atoms with Gasteiger partial charge in [-0.15, -0.1) is 0 Å². The number of aryl methyl sites for hydroxylation is 1. The summed E-state index contributed by atoms with van der Waals surface area (Å²) >= 11 is 0. The minimum atomic E-state index is -0.129. The fourth-order valence-electron chi connectivity index (χ4n) is 3.17. The van der Waals surface area contributed by atoms with Crippen LogP contribution in [0.1, 0.15) is 82.3 Å². The molecular formula is C22H34N2. The van der Waals surface area contributed by atoms with Crippen LogP contribution < -0.4 is 5.73 Å². The van der Waals surface area contributed by atoms with E-state index in [1.807, 2.05) is 0 Å². The molecule has 1 aromatic rings. The minimum Gasteiger partial charge on any atom is -0.387 e. The lowest BCUT2D eigenvalue weighted by Crippen LogP contribution is -2.21. The van der Waals surface area contributed by atoms with E-state index in [2.05, 4.69) is 43.3 Å². The van der Waals surface area contributed by atoms with Crippen molar-refractivity contribution in [2.24, 2.45) is 11.1 Å². The van der Waals surface area contributed by atoms with Gasteiger partial charge >= 0.3 is 0 Å². The average molecular weight is 327 g/mol. The summed E-state index contributed by atoms with van der Waals surface area (Å²) in [4.78, 5) is 0. The van der Waals surface area contributed by atoms with E-state index in [-0.39, 0.29) is 5.41 Å². The van der Waals surface area contributed by atoms with E-state index in [9.17, 15) is 0 Å². The van der Waals surface area contributed by atoms with Crippen LogP contribution in [0, 0.1) is 10.8 Å². The molecule has 1 aromatic carbocycles. The summed E-state index contributed by atoms with van der Waals surface area (Å²) in [5, 5.41) is 7.64. The first-order valence-electron chi connectivity index (χ1n) is 9.79. The van der Waals surface area contributed by atoms with Crippen molar-refractivity contribution >= 4 is 11.9 Å². The van der Waals surface area contributed by atoms with Crippen molar-refractivity contribution in [1.82, 2.24) is 0 Å². The third kappa shape index (κ3) is 6.14. The number of unbranched alkanes of at least 4 members (excludes halogenated alkanes) is 7. The van der Waals surface area contributed by atoms with Gasteiger partial charge in [-0.2, -0.15) is 0 Å². The number of amidine groups is 1. The van der Waals surface area contributed by atoms with Crippen LogP contribution in [0.4, 0.5) is 0 Å². The Bertz CT molecular complexity index is 523. The molecule has 2 nitrogen and oxygen atoms in total. The Hall–Kier alpha value is -1.57. The highest BCUT2D eigenvalue weighted by Gasteiger charge is 2.43. The number of rotatable bonds is 12. The molecule has 0 amide bonds. The molecule has 0 heterocycles. The molecule has 1 aliphatic rings. The summed E-state index contributed by atoms with van der Waals surface area (Å²) in [6.45, 7) is 2.27. The highest BCUT2D eigenvalue weighted by Crippen LogP contribution is 2.47. The van der Waals surface area contributed by atoms with E-state index in [0.717, 1.165) is 12.8 Å². The number of nitrogens with one attached hydrogen (secondary N) is 1. The summed E-state index contributed by atoms with van der Waals surface area (Å²) in [7, 11) is 0. The molecule has 3 N–H and O–H groups in total. The largest absolute Gasteiger partial charge is 0.387 e. The van der Waals surface area contributed by atoms with Crippen molar-refractivity contribution in [3.8, 4) is 0 Å². The topological polar surface area (TPSA) is 49.9 Å². The lowest BCUT2D eigenvalue weighted by molar-refractivity contribution is 0.575. The Balaban J connectivity index is 1.64. The van der Waals surface area contributed by atoms with E-state index in [1.165, 1.54) is 68.9 Å². The maximum absolute atomic E-state index is 7.64. The molecule has 2 rings (SSSR count). The van der Waals surface area contributed by atoms with Crippen LogP contribution in [-0.2, 0) is 6.42 Å². The van der Waals surface area contributed by atoms with E-state index < -0.39 is 0 Å². The zero-order valence-corrected chi connectivity index (χ0v) is 15.3. The lowest BCUT2D eigenvalue weighted by Gasteiger charge is -2.06. The van der Waals surface area contributed by atoms with Gasteiger partial charge in [0, 0.05) is 5.41 Å². The van der Waals surface area contributed by atoms with Crippen LogP contribution in [0.3, 0.4) is 0 Å². The first kappa shape index (κ1) is 18.8. The van der Waals surface area contributed by atoms with E-state index in [4.69, 9.17) is 11.1 Å². The van der Waals surface area contributed by atoms with Crippen molar-refractivity contribution in [2.45, 2.75) is 77.6 Å². The SMILES string of the molecule is CCCCCCCCCCc1ccc(C=CC2(C(=N)N)CC2)cc1. The van der Waals surface area contributed by atoms with Crippen LogP contribution in [0.2, 0.25) is 0 Å². The number of hydrogen-bond donors (Lipinski definition) is 2. The fraction of sp³-hybridized carbons (Fsp3) is 0.591. The average Bonchev–Trinajstić information content (AvgIpc) is 3.38. The molecule has 1 saturated carbocycles. The van der Waals surface area contributed by atoms with Gasteiger partial charge in [0.1, 0.15) is 5.84 Å². The zero-order valence-electron chi connectivity index (χ0n) is 15.3. The first-order valence-corrected chi connectivity index (χ1v) is 9.79. The number of hydrogen-bond acceptors (Lipinski definition) is 1. The molecule has 0 unspecified atom stereocenters. The van der Waals surface area contributed by atoms with Crippen molar-refractivity contribution in [3.63, 3.8) is 0 Å². The molecule has 0 saturated heterocycles. The molecular weight excluding hydrogens is 292 g/mol. The zero-order chi connectivity index (χ0) is 17.3. The van der Waals surface area contributed by atoms with Crippen LogP contribution in [-0.4, -0.2) is 5.84 Å². The van der Waals surface area contributed by atoms with E-state index >= 15 is 0 Å². The summed E-state index contributed by atoms with van der Waals surface area (Å²) in [5.41, 5.74) is 8.18. The van der Waals surface area contributed by atoms with Gasteiger partial charge in [-0.25, -0.2) is 0 Å². The molecule has 1 aliphatic carbocycles. The maximum atomic E-state index is 7.64. The molecule has 0 atom stereocenters. The molecule has 0 aliphatic heterocycles. The van der Waals surface area contributed by atoms with Gasteiger partial charge < -0.3 is 5.73 Å². The van der Waals surface area contributed by atoms with Gasteiger partial charge in [-0.3, -0.25) is 5.41 Å². The highest BCUT2D eigenvalue weighted by molar-refractivity contribution is 5.89. The van der Waals surface area contributed by atoms with Gasteiger partial charge in [0.05, 0.1) is 0 Å². The predicted octanol–water partition coefficient (Wildman–Crippen LogP) is 6.10. The fourth-order valence-corrected chi connectivity index (χ4v) is 3.17. The molecule has 0 aromatic heterocycles. The Morgan fingerprint density at radius 1 is 1.00 bits per heavy atom. The van der Waals surface area contributed by atoms with Gasteiger partial charge in [-0.05, 0) is 36.8 Å². The molecule has 2 heteroatoms. The molecule has 0 radical (unpaired) electrons. The highest BCUT2D eigenvalue weighted by atomic mass is 14.8. The smallest absolute Gasteiger partial charge is 0.101 e. The second kappa shape index (κ2) is 9.66. The molecule has 24 heavy (non-hydrogen) atoms. The third-order valence-corrected chi connectivity index (χ3v) is 5.22. The van der Waals surface area contributed by atoms with Crippen molar-refractivity contribution in [3.05, 3.63) is 41.5 Å². The summed E-state index contributed by atoms with van der Waals surface area (Å²) < 4.78 is 0. The van der Waals surface area contributed by atoms with Gasteiger partial charge in [0.25, 0.3) is 0 Å². The Morgan fingerprint density at radius 3 is 2.12 bits per heavy atom. The van der Waals surface area contributed by atoms with Crippen LogP contribution >= 0.6 is 0 Å². The van der Waals surface area contributed by atoms with Gasteiger partial charge in [0.2, 0.25) is 0 Å².